The van der Waals surface area contributed by atoms with Crippen LogP contribution in [0.15, 0.2) is 30.3 Å². The minimum atomic E-state index is -0.394. The van der Waals surface area contributed by atoms with Crippen LogP contribution in [0.5, 0.6) is 11.5 Å². The number of carbonyl (C=O) groups is 1. The number of methoxy groups -OCH3 is 2. The first kappa shape index (κ1) is 27.6. The van der Waals surface area contributed by atoms with Crippen LogP contribution in [-0.2, 0) is 0 Å². The summed E-state index contributed by atoms with van der Waals surface area (Å²) in [6.07, 6.45) is 3.13. The zero-order valence-electron chi connectivity index (χ0n) is 22.4. The summed E-state index contributed by atoms with van der Waals surface area (Å²) >= 11 is 1.34. The number of benzene rings is 2. The molecule has 204 valence electrons. The SMILES string of the molecule is CCN(CC)CCN(C(=O)c1ccc(N2CCCCC2)c([N+](=O)[O-])c1)c1nc2c(OC)ccc(OC)c2s1. The summed E-state index contributed by atoms with van der Waals surface area (Å²) in [5.41, 5.74) is 1.39. The second kappa shape index (κ2) is 12.4. The van der Waals surface area contributed by atoms with E-state index in [-0.39, 0.29) is 17.2 Å². The Morgan fingerprint density at radius 3 is 2.37 bits per heavy atom. The molecule has 10 nitrogen and oxygen atoms in total. The number of ether oxygens (including phenoxy) is 2. The number of hydrogen-bond donors (Lipinski definition) is 0. The molecule has 4 rings (SSSR count). The van der Waals surface area contributed by atoms with Crippen LogP contribution in [0, 0.1) is 10.1 Å². The number of nitrogens with zero attached hydrogens (tertiary/aromatic N) is 5. The fourth-order valence-electron chi connectivity index (χ4n) is 4.82. The second-order valence-electron chi connectivity index (χ2n) is 9.14. The lowest BCUT2D eigenvalue weighted by Gasteiger charge is -2.28. The summed E-state index contributed by atoms with van der Waals surface area (Å²) in [6, 6.07) is 8.41. The van der Waals surface area contributed by atoms with Crippen LogP contribution in [0.2, 0.25) is 0 Å². The topological polar surface area (TPSA) is 101 Å². The van der Waals surface area contributed by atoms with Gasteiger partial charge in [-0.1, -0.05) is 25.2 Å². The predicted molar refractivity (Wildman–Crippen MR) is 151 cm³/mol. The summed E-state index contributed by atoms with van der Waals surface area (Å²) in [6.45, 7) is 8.41. The van der Waals surface area contributed by atoms with E-state index in [4.69, 9.17) is 14.5 Å². The third-order valence-corrected chi connectivity index (χ3v) is 8.12. The van der Waals surface area contributed by atoms with Gasteiger partial charge < -0.3 is 19.3 Å². The molecule has 0 saturated carbocycles. The highest BCUT2D eigenvalue weighted by molar-refractivity contribution is 7.22. The molecular weight excluding hydrogens is 506 g/mol. The van der Waals surface area contributed by atoms with Crippen molar-refractivity contribution in [3.8, 4) is 11.5 Å². The maximum Gasteiger partial charge on any atom is 0.293 e. The molecule has 0 bridgehead atoms. The van der Waals surface area contributed by atoms with Crippen LogP contribution in [0.25, 0.3) is 10.2 Å². The molecule has 2 aromatic carbocycles. The molecule has 0 radical (unpaired) electrons. The summed E-state index contributed by atoms with van der Waals surface area (Å²) in [7, 11) is 3.17. The Balaban J connectivity index is 1.75. The Hall–Kier alpha value is -3.44. The van der Waals surface area contributed by atoms with Crippen molar-refractivity contribution >= 4 is 44.0 Å². The number of hydrogen-bond acceptors (Lipinski definition) is 9. The zero-order valence-corrected chi connectivity index (χ0v) is 23.3. The van der Waals surface area contributed by atoms with Gasteiger partial charge in [-0.05, 0) is 56.6 Å². The molecule has 0 aliphatic carbocycles. The van der Waals surface area contributed by atoms with Crippen LogP contribution in [0.1, 0.15) is 43.5 Å². The number of rotatable bonds is 11. The lowest BCUT2D eigenvalue weighted by molar-refractivity contribution is -0.384. The third kappa shape index (κ3) is 5.68. The van der Waals surface area contributed by atoms with E-state index >= 15 is 0 Å². The van der Waals surface area contributed by atoms with Crippen molar-refractivity contribution in [1.82, 2.24) is 9.88 Å². The second-order valence-corrected chi connectivity index (χ2v) is 10.1. The van der Waals surface area contributed by atoms with E-state index in [0.29, 0.717) is 40.9 Å². The van der Waals surface area contributed by atoms with Gasteiger partial charge >= 0.3 is 0 Å². The molecule has 1 aromatic heterocycles. The lowest BCUT2D eigenvalue weighted by atomic mass is 10.1. The van der Waals surface area contributed by atoms with Crippen LogP contribution in [0.3, 0.4) is 0 Å². The molecule has 1 amide bonds. The van der Waals surface area contributed by atoms with E-state index in [1.807, 2.05) is 11.0 Å². The Morgan fingerprint density at radius 2 is 1.74 bits per heavy atom. The van der Waals surface area contributed by atoms with Gasteiger partial charge in [0.15, 0.2) is 5.13 Å². The van der Waals surface area contributed by atoms with Crippen LogP contribution < -0.4 is 19.3 Å². The van der Waals surface area contributed by atoms with Crippen molar-refractivity contribution in [2.75, 3.05) is 63.3 Å². The number of carbonyl (C=O) groups excluding carboxylic acids is 1. The molecule has 38 heavy (non-hydrogen) atoms. The van der Waals surface area contributed by atoms with Crippen molar-refractivity contribution in [2.45, 2.75) is 33.1 Å². The predicted octanol–water partition coefficient (Wildman–Crippen LogP) is 5.20. The van der Waals surface area contributed by atoms with Crippen molar-refractivity contribution in [2.24, 2.45) is 0 Å². The number of amides is 1. The summed E-state index contributed by atoms with van der Waals surface area (Å²) < 4.78 is 11.8. The van der Waals surface area contributed by atoms with Crippen LogP contribution in [-0.4, -0.2) is 74.2 Å². The van der Waals surface area contributed by atoms with Gasteiger partial charge in [0.05, 0.1) is 19.1 Å². The van der Waals surface area contributed by atoms with E-state index in [1.165, 1.54) is 17.4 Å². The number of nitro groups is 1. The number of anilines is 2. The largest absolute Gasteiger partial charge is 0.495 e. The molecule has 2 heterocycles. The van der Waals surface area contributed by atoms with E-state index in [2.05, 4.69) is 18.7 Å². The highest BCUT2D eigenvalue weighted by Gasteiger charge is 2.28. The molecular formula is C27H35N5O5S. The Bertz CT molecular complexity index is 1250. The van der Waals surface area contributed by atoms with E-state index in [1.54, 1.807) is 37.3 Å². The fourth-order valence-corrected chi connectivity index (χ4v) is 5.91. The average Bonchev–Trinajstić information content (AvgIpc) is 3.40. The summed E-state index contributed by atoms with van der Waals surface area (Å²) in [5, 5.41) is 12.5. The minimum absolute atomic E-state index is 0.0471. The van der Waals surface area contributed by atoms with Gasteiger partial charge in [-0.2, -0.15) is 0 Å². The van der Waals surface area contributed by atoms with Gasteiger partial charge in [-0.3, -0.25) is 19.8 Å². The van der Waals surface area contributed by atoms with Gasteiger partial charge in [0.25, 0.3) is 11.6 Å². The number of fused-ring (bicyclic) bond motifs is 1. The molecule has 0 spiro atoms. The first-order valence-electron chi connectivity index (χ1n) is 13.0. The van der Waals surface area contributed by atoms with E-state index in [0.717, 1.165) is 50.1 Å². The standard InChI is InChI=1S/C27H35N5O5S/c1-5-29(6-2)16-17-31(27-28-24-22(36-3)12-13-23(37-4)25(24)38-27)26(33)19-10-11-20(21(18-19)32(34)35)30-14-8-7-9-15-30/h10-13,18H,5-9,14-17H2,1-4H3. The van der Waals surface area contributed by atoms with Gasteiger partial charge in [0.2, 0.25) is 0 Å². The molecule has 1 aliphatic rings. The molecule has 1 fully saturated rings. The molecule has 0 N–H and O–H groups in total. The average molecular weight is 542 g/mol. The quantitative estimate of drug-likeness (QED) is 0.241. The Labute approximate surface area is 226 Å². The Kier molecular flexibility index (Phi) is 9.01. The smallest absolute Gasteiger partial charge is 0.293 e. The van der Waals surface area contributed by atoms with Gasteiger partial charge in [-0.25, -0.2) is 4.98 Å². The monoisotopic (exact) mass is 541 g/mol. The number of piperidine rings is 1. The number of aromatic nitrogens is 1. The van der Waals surface area contributed by atoms with E-state index < -0.39 is 4.92 Å². The molecule has 3 aromatic rings. The van der Waals surface area contributed by atoms with Crippen LogP contribution in [0.4, 0.5) is 16.5 Å². The maximum absolute atomic E-state index is 14.0. The maximum atomic E-state index is 14.0. The zero-order chi connectivity index (χ0) is 27.2. The van der Waals surface area contributed by atoms with E-state index in [9.17, 15) is 14.9 Å². The van der Waals surface area contributed by atoms with Crippen molar-refractivity contribution < 1.29 is 19.2 Å². The van der Waals surface area contributed by atoms with Gasteiger partial charge in [0, 0.05) is 37.8 Å². The first-order chi connectivity index (χ1) is 18.4. The van der Waals surface area contributed by atoms with Crippen LogP contribution >= 0.6 is 11.3 Å². The number of likely N-dealkylation sites (N-methyl/N-ethyl adjacent to an activating group) is 1. The highest BCUT2D eigenvalue weighted by atomic mass is 32.1. The van der Waals surface area contributed by atoms with Gasteiger partial charge in [-0.15, -0.1) is 0 Å². The first-order valence-corrected chi connectivity index (χ1v) is 13.8. The lowest BCUT2D eigenvalue weighted by Crippen LogP contribution is -2.39. The number of nitro benzene ring substituents is 1. The molecule has 1 aliphatic heterocycles. The molecule has 1 saturated heterocycles. The van der Waals surface area contributed by atoms with Crippen molar-refractivity contribution in [3.63, 3.8) is 0 Å². The summed E-state index contributed by atoms with van der Waals surface area (Å²) in [4.78, 5) is 36.3. The normalized spacial score (nSPS) is 13.7. The minimum Gasteiger partial charge on any atom is -0.495 e. The molecule has 0 unspecified atom stereocenters. The molecule has 11 heteroatoms. The third-order valence-electron chi connectivity index (χ3n) is 7.03. The number of thiazole rings is 1. The summed E-state index contributed by atoms with van der Waals surface area (Å²) in [5.74, 6) is 0.894. The Morgan fingerprint density at radius 1 is 1.05 bits per heavy atom. The van der Waals surface area contributed by atoms with Crippen molar-refractivity contribution in [1.29, 1.82) is 0 Å². The molecule has 0 atom stereocenters. The van der Waals surface area contributed by atoms with Crippen molar-refractivity contribution in [3.05, 3.63) is 46.0 Å². The highest BCUT2D eigenvalue weighted by Crippen LogP contribution is 2.40. The van der Waals surface area contributed by atoms with Gasteiger partial charge in [0.1, 0.15) is 27.4 Å². The fraction of sp³-hybridized carbons (Fsp3) is 0.481.